The largest absolute Gasteiger partial charge is 0.271 e. The highest BCUT2D eigenvalue weighted by molar-refractivity contribution is 9.12. The number of hydrazine groups is 1. The molecule has 0 saturated heterocycles. The van der Waals surface area contributed by atoms with Crippen molar-refractivity contribution in [1.29, 1.82) is 0 Å². The van der Waals surface area contributed by atoms with Gasteiger partial charge in [-0.25, -0.2) is 5.43 Å². The molecule has 0 fully saturated rings. The molecule has 2 aromatic rings. The summed E-state index contributed by atoms with van der Waals surface area (Å²) in [6, 6.07) is 9.64. The summed E-state index contributed by atoms with van der Waals surface area (Å²) < 4.78 is 2.12. The standard InChI is InChI=1S/C11H9Br2ClN2S/c12-9-5-8(11(13)17-9)10(16-15)6-1-3-7(14)4-2-6/h1-5,10,16H,15H2. The molecule has 2 rings (SSSR count). The fraction of sp³-hybridized carbons (Fsp3) is 0.0909. The van der Waals surface area contributed by atoms with Crippen LogP contribution in [0.15, 0.2) is 37.9 Å². The lowest BCUT2D eigenvalue weighted by Gasteiger charge is -2.16. The summed E-state index contributed by atoms with van der Waals surface area (Å²) in [5.74, 6) is 5.64. The SMILES string of the molecule is NNC(c1ccc(Cl)cc1)c1cc(Br)sc1Br. The zero-order valence-corrected chi connectivity index (χ0v) is 13.3. The van der Waals surface area contributed by atoms with Crippen LogP contribution in [0, 0.1) is 0 Å². The van der Waals surface area contributed by atoms with Crippen molar-refractivity contribution in [3.05, 3.63) is 54.1 Å². The summed E-state index contributed by atoms with van der Waals surface area (Å²) in [5.41, 5.74) is 5.00. The van der Waals surface area contributed by atoms with Gasteiger partial charge in [0.05, 0.1) is 13.6 Å². The second-order valence-electron chi connectivity index (χ2n) is 3.43. The predicted molar refractivity (Wildman–Crippen MR) is 80.3 cm³/mol. The lowest BCUT2D eigenvalue weighted by molar-refractivity contribution is 0.637. The topological polar surface area (TPSA) is 38.0 Å². The van der Waals surface area contributed by atoms with Gasteiger partial charge in [0.15, 0.2) is 0 Å². The molecule has 0 aliphatic carbocycles. The first kappa shape index (κ1) is 13.5. The van der Waals surface area contributed by atoms with Crippen molar-refractivity contribution >= 4 is 54.8 Å². The van der Waals surface area contributed by atoms with E-state index < -0.39 is 0 Å². The van der Waals surface area contributed by atoms with Crippen LogP contribution in [0.5, 0.6) is 0 Å². The Hall–Kier alpha value is 0.0900. The molecule has 2 nitrogen and oxygen atoms in total. The van der Waals surface area contributed by atoms with Gasteiger partial charge in [0.2, 0.25) is 0 Å². The third kappa shape index (κ3) is 3.10. The summed E-state index contributed by atoms with van der Waals surface area (Å²) >= 11 is 14.5. The molecule has 90 valence electrons. The minimum absolute atomic E-state index is 0.0517. The van der Waals surface area contributed by atoms with Crippen LogP contribution in [0.25, 0.3) is 0 Å². The first-order valence-corrected chi connectivity index (χ1v) is 7.56. The van der Waals surface area contributed by atoms with Crippen LogP contribution in [-0.2, 0) is 0 Å². The zero-order valence-electron chi connectivity index (χ0n) is 8.58. The van der Waals surface area contributed by atoms with Gasteiger partial charge in [-0.1, -0.05) is 23.7 Å². The molecule has 1 aromatic carbocycles. The van der Waals surface area contributed by atoms with Crippen LogP contribution >= 0.6 is 54.8 Å². The van der Waals surface area contributed by atoms with Gasteiger partial charge in [-0.2, -0.15) is 0 Å². The normalized spacial score (nSPS) is 12.7. The smallest absolute Gasteiger partial charge is 0.0762 e. The molecule has 0 amide bonds. The van der Waals surface area contributed by atoms with E-state index in [1.54, 1.807) is 11.3 Å². The molecule has 0 spiro atoms. The number of nitrogens with one attached hydrogen (secondary N) is 1. The Labute approximate surface area is 125 Å². The molecule has 0 bridgehead atoms. The van der Waals surface area contributed by atoms with Crippen LogP contribution in [0.3, 0.4) is 0 Å². The number of hydrogen-bond acceptors (Lipinski definition) is 3. The number of benzene rings is 1. The average molecular weight is 397 g/mol. The maximum atomic E-state index is 5.87. The van der Waals surface area contributed by atoms with Crippen molar-refractivity contribution in [2.75, 3.05) is 0 Å². The van der Waals surface area contributed by atoms with Gasteiger partial charge >= 0.3 is 0 Å². The van der Waals surface area contributed by atoms with Crippen molar-refractivity contribution in [2.24, 2.45) is 5.84 Å². The summed E-state index contributed by atoms with van der Waals surface area (Å²) in [6.07, 6.45) is 0. The van der Waals surface area contributed by atoms with E-state index in [0.717, 1.165) is 23.7 Å². The highest BCUT2D eigenvalue weighted by atomic mass is 79.9. The highest BCUT2D eigenvalue weighted by Gasteiger charge is 2.17. The molecule has 1 atom stereocenters. The average Bonchev–Trinajstić information content (AvgIpc) is 2.62. The van der Waals surface area contributed by atoms with E-state index >= 15 is 0 Å². The highest BCUT2D eigenvalue weighted by Crippen LogP contribution is 2.37. The first-order chi connectivity index (χ1) is 8.11. The molecular formula is C11H9Br2ClN2S. The summed E-state index contributed by atoms with van der Waals surface area (Å²) in [4.78, 5) is 0. The molecule has 0 aliphatic heterocycles. The van der Waals surface area contributed by atoms with Crippen molar-refractivity contribution in [1.82, 2.24) is 5.43 Å². The maximum absolute atomic E-state index is 5.87. The van der Waals surface area contributed by atoms with Gasteiger partial charge in [-0.05, 0) is 55.6 Å². The van der Waals surface area contributed by atoms with Crippen molar-refractivity contribution < 1.29 is 0 Å². The van der Waals surface area contributed by atoms with Crippen molar-refractivity contribution in [2.45, 2.75) is 6.04 Å². The molecule has 6 heteroatoms. The molecule has 0 saturated carbocycles. The maximum Gasteiger partial charge on any atom is 0.0762 e. The van der Waals surface area contributed by atoms with E-state index in [4.69, 9.17) is 17.4 Å². The molecule has 3 N–H and O–H groups in total. The van der Waals surface area contributed by atoms with Gasteiger partial charge in [0, 0.05) is 10.6 Å². The summed E-state index contributed by atoms with van der Waals surface area (Å²) in [5, 5.41) is 0.718. The minimum atomic E-state index is -0.0517. The molecule has 1 unspecified atom stereocenters. The fourth-order valence-corrected chi connectivity index (χ4v) is 4.60. The van der Waals surface area contributed by atoms with E-state index in [2.05, 4.69) is 37.3 Å². The lowest BCUT2D eigenvalue weighted by atomic mass is 10.0. The van der Waals surface area contributed by atoms with Crippen LogP contribution in [0.2, 0.25) is 5.02 Å². The summed E-state index contributed by atoms with van der Waals surface area (Å²) in [6.45, 7) is 0. The molecule has 1 heterocycles. The molecule has 0 aliphatic rings. The van der Waals surface area contributed by atoms with Gasteiger partial charge in [-0.15, -0.1) is 11.3 Å². The Morgan fingerprint density at radius 1 is 1.24 bits per heavy atom. The third-order valence-corrected chi connectivity index (χ3v) is 5.00. The van der Waals surface area contributed by atoms with Gasteiger partial charge in [0.1, 0.15) is 0 Å². The number of hydrogen-bond donors (Lipinski definition) is 2. The molecule has 17 heavy (non-hydrogen) atoms. The van der Waals surface area contributed by atoms with Gasteiger partial charge in [0.25, 0.3) is 0 Å². The number of thiophene rings is 1. The lowest BCUT2D eigenvalue weighted by Crippen LogP contribution is -2.28. The Balaban J connectivity index is 2.39. The predicted octanol–water partition coefficient (Wildman–Crippen LogP) is 4.48. The summed E-state index contributed by atoms with van der Waals surface area (Å²) in [7, 11) is 0. The van der Waals surface area contributed by atoms with Gasteiger partial charge < -0.3 is 0 Å². The zero-order chi connectivity index (χ0) is 12.4. The fourth-order valence-electron chi connectivity index (χ4n) is 1.57. The third-order valence-electron chi connectivity index (χ3n) is 2.36. The van der Waals surface area contributed by atoms with E-state index in [0.29, 0.717) is 0 Å². The minimum Gasteiger partial charge on any atom is -0.271 e. The molecule has 1 aromatic heterocycles. The Morgan fingerprint density at radius 2 is 1.88 bits per heavy atom. The second-order valence-corrected chi connectivity index (χ2v) is 7.62. The second kappa shape index (κ2) is 5.82. The van der Waals surface area contributed by atoms with Crippen LogP contribution in [0.4, 0.5) is 0 Å². The number of rotatable bonds is 3. The van der Waals surface area contributed by atoms with E-state index in [9.17, 15) is 0 Å². The van der Waals surface area contributed by atoms with E-state index in [1.807, 2.05) is 30.3 Å². The number of nitrogens with two attached hydrogens (primary N) is 1. The van der Waals surface area contributed by atoms with Crippen molar-refractivity contribution in [3.63, 3.8) is 0 Å². The number of halogens is 3. The van der Waals surface area contributed by atoms with Crippen LogP contribution in [0.1, 0.15) is 17.2 Å². The van der Waals surface area contributed by atoms with Crippen molar-refractivity contribution in [3.8, 4) is 0 Å². The monoisotopic (exact) mass is 394 g/mol. The van der Waals surface area contributed by atoms with E-state index in [1.165, 1.54) is 0 Å². The Morgan fingerprint density at radius 3 is 2.35 bits per heavy atom. The van der Waals surface area contributed by atoms with E-state index in [-0.39, 0.29) is 6.04 Å². The first-order valence-electron chi connectivity index (χ1n) is 4.78. The van der Waals surface area contributed by atoms with Crippen LogP contribution < -0.4 is 11.3 Å². The quantitative estimate of drug-likeness (QED) is 0.593. The molecular weight excluding hydrogens is 387 g/mol. The molecule has 0 radical (unpaired) electrons. The van der Waals surface area contributed by atoms with Gasteiger partial charge in [-0.3, -0.25) is 5.84 Å². The Kier molecular flexibility index (Phi) is 4.63. The van der Waals surface area contributed by atoms with Crippen LogP contribution in [-0.4, -0.2) is 0 Å². The Bertz CT molecular complexity index is 513.